The molecular weight excluding hydrogens is 468 g/mol. The number of thiazole rings is 1. The first kappa shape index (κ1) is 22.9. The van der Waals surface area contributed by atoms with E-state index in [1.165, 1.54) is 11.3 Å². The molecule has 2 aromatic carbocycles. The third-order valence-corrected chi connectivity index (χ3v) is 6.98. The number of aryl methyl sites for hydroxylation is 1. The quantitative estimate of drug-likeness (QED) is 0.509. The van der Waals surface area contributed by atoms with E-state index < -0.39 is 12.0 Å². The number of fused-ring (bicyclic) bond motifs is 2. The van der Waals surface area contributed by atoms with Crippen LogP contribution in [0.2, 0.25) is 0 Å². The number of nitrogens with zero attached hydrogens (tertiary/aromatic N) is 2. The SMILES string of the molecule is CCOC(=O)C1=C(C)N=c2s/c(=C/c3cc4c(cc3C)OCO4)c(=O)n2C1c1ccc(OC)cc1. The van der Waals surface area contributed by atoms with Gasteiger partial charge in [-0.15, -0.1) is 0 Å². The Morgan fingerprint density at radius 3 is 2.60 bits per heavy atom. The van der Waals surface area contributed by atoms with Crippen LogP contribution in [0.25, 0.3) is 6.08 Å². The molecule has 0 radical (unpaired) electrons. The van der Waals surface area contributed by atoms with Crippen LogP contribution in [0.3, 0.4) is 0 Å². The van der Waals surface area contributed by atoms with Gasteiger partial charge in [0.15, 0.2) is 16.3 Å². The maximum atomic E-state index is 13.7. The Hall–Kier alpha value is -3.85. The van der Waals surface area contributed by atoms with E-state index in [0.717, 1.165) is 16.7 Å². The minimum absolute atomic E-state index is 0.179. The molecule has 5 rings (SSSR count). The highest BCUT2D eigenvalue weighted by molar-refractivity contribution is 7.07. The van der Waals surface area contributed by atoms with Crippen molar-refractivity contribution in [2.24, 2.45) is 4.99 Å². The van der Waals surface area contributed by atoms with Gasteiger partial charge in [0.1, 0.15) is 5.75 Å². The molecule has 0 N–H and O–H groups in total. The fourth-order valence-corrected chi connectivity index (χ4v) is 5.29. The van der Waals surface area contributed by atoms with Crippen molar-refractivity contribution in [2.45, 2.75) is 26.8 Å². The second-order valence-corrected chi connectivity index (χ2v) is 9.15. The second kappa shape index (κ2) is 9.07. The minimum atomic E-state index is -0.670. The van der Waals surface area contributed by atoms with Crippen LogP contribution in [-0.4, -0.2) is 31.0 Å². The summed E-state index contributed by atoms with van der Waals surface area (Å²) in [4.78, 5) is 31.8. The van der Waals surface area contributed by atoms with Gasteiger partial charge in [0.2, 0.25) is 6.79 Å². The van der Waals surface area contributed by atoms with Crippen LogP contribution >= 0.6 is 11.3 Å². The normalized spacial score (nSPS) is 16.7. The van der Waals surface area contributed by atoms with E-state index >= 15 is 0 Å². The van der Waals surface area contributed by atoms with Gasteiger partial charge < -0.3 is 18.9 Å². The number of aromatic nitrogens is 1. The lowest BCUT2D eigenvalue weighted by molar-refractivity contribution is -0.139. The van der Waals surface area contributed by atoms with Crippen molar-refractivity contribution in [3.8, 4) is 17.2 Å². The summed E-state index contributed by atoms with van der Waals surface area (Å²) in [5, 5.41) is 0. The molecule has 0 amide bonds. The second-order valence-electron chi connectivity index (χ2n) is 8.14. The molecule has 0 fully saturated rings. The number of hydrogen-bond donors (Lipinski definition) is 0. The fraction of sp³-hybridized carbons (Fsp3) is 0.269. The van der Waals surface area contributed by atoms with Crippen molar-refractivity contribution >= 4 is 23.4 Å². The third-order valence-electron chi connectivity index (χ3n) is 6.00. The first-order valence-corrected chi connectivity index (χ1v) is 12.0. The molecule has 1 aromatic heterocycles. The summed E-state index contributed by atoms with van der Waals surface area (Å²) in [6.45, 7) is 5.87. The summed E-state index contributed by atoms with van der Waals surface area (Å²) in [5.74, 6) is 1.52. The van der Waals surface area contributed by atoms with Crippen LogP contribution in [-0.2, 0) is 9.53 Å². The molecule has 180 valence electrons. The van der Waals surface area contributed by atoms with E-state index in [2.05, 4.69) is 4.99 Å². The lowest BCUT2D eigenvalue weighted by atomic mass is 9.96. The van der Waals surface area contributed by atoms with Gasteiger partial charge in [-0.1, -0.05) is 23.5 Å². The number of carbonyl (C=O) groups excluding carboxylic acids is 1. The van der Waals surface area contributed by atoms with Crippen LogP contribution in [0.4, 0.5) is 0 Å². The van der Waals surface area contributed by atoms with E-state index in [4.69, 9.17) is 18.9 Å². The number of esters is 1. The van der Waals surface area contributed by atoms with E-state index in [1.807, 2.05) is 37.3 Å². The highest BCUT2D eigenvalue weighted by Crippen LogP contribution is 2.35. The monoisotopic (exact) mass is 492 g/mol. The fourth-order valence-electron chi connectivity index (χ4n) is 4.25. The number of methoxy groups -OCH3 is 1. The third kappa shape index (κ3) is 4.01. The molecule has 8 nitrogen and oxygen atoms in total. The predicted molar refractivity (Wildman–Crippen MR) is 131 cm³/mol. The zero-order valence-electron chi connectivity index (χ0n) is 19.8. The molecular formula is C26H24N2O6S. The zero-order chi connectivity index (χ0) is 24.7. The zero-order valence-corrected chi connectivity index (χ0v) is 20.6. The average molecular weight is 493 g/mol. The molecule has 3 aromatic rings. The Morgan fingerprint density at radius 1 is 1.20 bits per heavy atom. The van der Waals surface area contributed by atoms with E-state index in [1.54, 1.807) is 37.7 Å². The molecule has 35 heavy (non-hydrogen) atoms. The number of carbonyl (C=O) groups is 1. The van der Waals surface area contributed by atoms with Gasteiger partial charge in [-0.3, -0.25) is 9.36 Å². The van der Waals surface area contributed by atoms with Crippen molar-refractivity contribution in [2.75, 3.05) is 20.5 Å². The number of ether oxygens (including phenoxy) is 4. The Bertz CT molecular complexity index is 1530. The van der Waals surface area contributed by atoms with Crippen molar-refractivity contribution < 1.29 is 23.7 Å². The van der Waals surface area contributed by atoms with Crippen molar-refractivity contribution in [1.82, 2.24) is 4.57 Å². The Balaban J connectivity index is 1.70. The molecule has 2 aliphatic heterocycles. The number of allylic oxidation sites excluding steroid dienone is 1. The number of hydrogen-bond acceptors (Lipinski definition) is 8. The summed E-state index contributed by atoms with van der Waals surface area (Å²) >= 11 is 1.28. The summed E-state index contributed by atoms with van der Waals surface area (Å²) in [6, 6.07) is 10.4. The Kier molecular flexibility index (Phi) is 5.94. The van der Waals surface area contributed by atoms with E-state index in [-0.39, 0.29) is 19.0 Å². The van der Waals surface area contributed by atoms with Crippen LogP contribution < -0.4 is 29.1 Å². The largest absolute Gasteiger partial charge is 0.497 e. The van der Waals surface area contributed by atoms with E-state index in [9.17, 15) is 9.59 Å². The topological polar surface area (TPSA) is 88.4 Å². The van der Waals surface area contributed by atoms with Crippen molar-refractivity contribution in [3.63, 3.8) is 0 Å². The van der Waals surface area contributed by atoms with Gasteiger partial charge in [-0.2, -0.15) is 0 Å². The first-order valence-electron chi connectivity index (χ1n) is 11.1. The van der Waals surface area contributed by atoms with Crippen LogP contribution in [0, 0.1) is 6.92 Å². The molecule has 9 heteroatoms. The molecule has 0 spiro atoms. The van der Waals surface area contributed by atoms with Crippen molar-refractivity contribution in [1.29, 1.82) is 0 Å². The van der Waals surface area contributed by atoms with Gasteiger partial charge in [0.25, 0.3) is 5.56 Å². The molecule has 0 saturated heterocycles. The summed E-state index contributed by atoms with van der Waals surface area (Å²) in [7, 11) is 1.59. The summed E-state index contributed by atoms with van der Waals surface area (Å²) < 4.78 is 23.6. The maximum absolute atomic E-state index is 13.7. The van der Waals surface area contributed by atoms with Crippen LogP contribution in [0.15, 0.2) is 57.5 Å². The van der Waals surface area contributed by atoms with Gasteiger partial charge in [-0.25, -0.2) is 9.79 Å². The molecule has 0 aliphatic carbocycles. The molecule has 3 heterocycles. The smallest absolute Gasteiger partial charge is 0.338 e. The van der Waals surface area contributed by atoms with Crippen LogP contribution in [0.5, 0.6) is 17.2 Å². The molecule has 1 unspecified atom stereocenters. The number of benzene rings is 2. The molecule has 0 saturated carbocycles. The number of rotatable bonds is 5. The highest BCUT2D eigenvalue weighted by atomic mass is 32.1. The Labute approximate surface area is 205 Å². The minimum Gasteiger partial charge on any atom is -0.497 e. The van der Waals surface area contributed by atoms with Crippen molar-refractivity contribution in [3.05, 3.63) is 84.0 Å². The molecule has 1 atom stereocenters. The predicted octanol–water partition coefficient (Wildman–Crippen LogP) is 2.84. The maximum Gasteiger partial charge on any atom is 0.338 e. The van der Waals surface area contributed by atoms with Gasteiger partial charge in [0.05, 0.1) is 35.6 Å². The molecule has 2 aliphatic rings. The van der Waals surface area contributed by atoms with Gasteiger partial charge >= 0.3 is 5.97 Å². The standard InChI is InChI=1S/C26H24N2O6S/c1-5-32-25(30)22-15(3)27-26-28(23(22)16-6-8-18(31-4)9-7-16)24(29)21(35-26)12-17-11-20-19(10-14(17)2)33-13-34-20/h6-12,23H,5,13H2,1-4H3/b21-12+. The lowest BCUT2D eigenvalue weighted by Crippen LogP contribution is -2.39. The lowest BCUT2D eigenvalue weighted by Gasteiger charge is -2.24. The van der Waals surface area contributed by atoms with Gasteiger partial charge in [0, 0.05) is 0 Å². The summed E-state index contributed by atoms with van der Waals surface area (Å²) in [5.41, 5.74) is 3.19. The van der Waals surface area contributed by atoms with Gasteiger partial charge in [-0.05, 0) is 67.8 Å². The van der Waals surface area contributed by atoms with E-state index in [0.29, 0.717) is 37.9 Å². The molecule has 0 bridgehead atoms. The Morgan fingerprint density at radius 2 is 1.91 bits per heavy atom. The van der Waals surface area contributed by atoms with Crippen LogP contribution in [0.1, 0.15) is 36.6 Å². The average Bonchev–Trinajstić information content (AvgIpc) is 3.42. The highest BCUT2D eigenvalue weighted by Gasteiger charge is 2.33. The summed E-state index contributed by atoms with van der Waals surface area (Å²) in [6.07, 6.45) is 1.83. The first-order chi connectivity index (χ1) is 16.9.